The zero-order chi connectivity index (χ0) is 11.4. The van der Waals surface area contributed by atoms with Crippen LogP contribution in [0, 0.1) is 0 Å². The maximum Gasteiger partial charge on any atom is 0.0604 e. The van der Waals surface area contributed by atoms with E-state index >= 15 is 0 Å². The van der Waals surface area contributed by atoms with Crippen LogP contribution in [-0.4, -0.2) is 33.2 Å². The van der Waals surface area contributed by atoms with Gasteiger partial charge in [-0.15, -0.1) is 0 Å². The van der Waals surface area contributed by atoms with Gasteiger partial charge in [0.15, 0.2) is 0 Å². The Labute approximate surface area is 97.8 Å². The van der Waals surface area contributed by atoms with Crippen molar-refractivity contribution in [2.75, 3.05) is 43.0 Å². The first-order valence-corrected chi connectivity index (χ1v) is 6.08. The lowest BCUT2D eigenvalue weighted by molar-refractivity contribution is 0.710. The van der Waals surface area contributed by atoms with E-state index in [1.54, 1.807) is 0 Å². The number of nitrogens with zero attached hydrogens (tertiary/aromatic N) is 2. The minimum absolute atomic E-state index is 0.772. The molecule has 0 saturated carbocycles. The van der Waals surface area contributed by atoms with Crippen LogP contribution in [0.5, 0.6) is 0 Å². The zero-order valence-electron chi connectivity index (χ0n) is 10.0. The monoisotopic (exact) mass is 219 g/mol. The molecule has 2 N–H and O–H groups in total. The van der Waals surface area contributed by atoms with Crippen LogP contribution in [0.15, 0.2) is 24.3 Å². The second kappa shape index (κ2) is 5.21. The third kappa shape index (κ3) is 2.30. The summed E-state index contributed by atoms with van der Waals surface area (Å²) in [6.07, 6.45) is 2.29. The van der Waals surface area contributed by atoms with E-state index < -0.39 is 0 Å². The summed E-state index contributed by atoms with van der Waals surface area (Å²) in [5, 5.41) is 0. The molecule has 0 fully saturated rings. The predicted octanol–water partition coefficient (Wildman–Crippen LogP) is 1.68. The van der Waals surface area contributed by atoms with E-state index in [-0.39, 0.29) is 0 Å². The van der Waals surface area contributed by atoms with Crippen LogP contribution < -0.4 is 15.5 Å². The molecule has 0 bridgehead atoms. The fourth-order valence-corrected chi connectivity index (χ4v) is 2.31. The highest BCUT2D eigenvalue weighted by Gasteiger charge is 2.16. The molecule has 0 amide bonds. The first-order valence-electron chi connectivity index (χ1n) is 6.08. The Morgan fingerprint density at radius 2 is 1.94 bits per heavy atom. The van der Waals surface area contributed by atoms with Gasteiger partial charge in [0.1, 0.15) is 0 Å². The molecule has 1 aromatic carbocycles. The molecular formula is C13H21N3. The van der Waals surface area contributed by atoms with E-state index in [0.29, 0.717) is 0 Å². The standard InChI is InChI=1S/C13H21N3/c1-15-9-5-11-16(10-4-8-14)13-7-3-2-6-12(13)15/h2-3,6-7H,4-5,8-11,14H2,1H3. The second-order valence-electron chi connectivity index (χ2n) is 4.39. The highest BCUT2D eigenvalue weighted by molar-refractivity contribution is 5.71. The molecule has 1 aliphatic rings. The summed E-state index contributed by atoms with van der Waals surface area (Å²) in [6.45, 7) is 4.12. The number of rotatable bonds is 3. The minimum Gasteiger partial charge on any atom is -0.373 e. The molecule has 0 saturated heterocycles. The molecule has 1 aromatic rings. The number of hydrogen-bond donors (Lipinski definition) is 1. The molecule has 88 valence electrons. The Bertz CT molecular complexity index is 338. The first kappa shape index (κ1) is 11.3. The lowest BCUT2D eigenvalue weighted by Crippen LogP contribution is -2.26. The van der Waals surface area contributed by atoms with E-state index in [4.69, 9.17) is 5.73 Å². The number of para-hydroxylation sites is 2. The molecule has 0 radical (unpaired) electrons. The van der Waals surface area contributed by atoms with Gasteiger partial charge < -0.3 is 15.5 Å². The number of nitrogens with two attached hydrogens (primary N) is 1. The summed E-state index contributed by atoms with van der Waals surface area (Å²) in [4.78, 5) is 4.81. The average molecular weight is 219 g/mol. The number of benzene rings is 1. The van der Waals surface area contributed by atoms with Crippen LogP contribution in [0.25, 0.3) is 0 Å². The van der Waals surface area contributed by atoms with Crippen molar-refractivity contribution in [1.29, 1.82) is 0 Å². The summed E-state index contributed by atoms with van der Waals surface area (Å²) >= 11 is 0. The van der Waals surface area contributed by atoms with Gasteiger partial charge in [-0.1, -0.05) is 12.1 Å². The quantitative estimate of drug-likeness (QED) is 0.839. The van der Waals surface area contributed by atoms with Gasteiger partial charge in [0.2, 0.25) is 0 Å². The van der Waals surface area contributed by atoms with E-state index in [1.165, 1.54) is 17.8 Å². The summed E-state index contributed by atoms with van der Waals surface area (Å²) in [5.74, 6) is 0. The van der Waals surface area contributed by atoms with Gasteiger partial charge >= 0.3 is 0 Å². The molecule has 1 heterocycles. The Morgan fingerprint density at radius 1 is 1.19 bits per heavy atom. The van der Waals surface area contributed by atoms with Crippen molar-refractivity contribution in [3.05, 3.63) is 24.3 Å². The largest absolute Gasteiger partial charge is 0.373 e. The SMILES string of the molecule is CN1CCCN(CCCN)c2ccccc21. The van der Waals surface area contributed by atoms with Crippen molar-refractivity contribution in [2.24, 2.45) is 5.73 Å². The molecule has 0 unspecified atom stereocenters. The van der Waals surface area contributed by atoms with Gasteiger partial charge in [-0.05, 0) is 31.5 Å². The Kier molecular flexibility index (Phi) is 3.67. The van der Waals surface area contributed by atoms with Crippen molar-refractivity contribution in [3.8, 4) is 0 Å². The van der Waals surface area contributed by atoms with Gasteiger partial charge in [-0.25, -0.2) is 0 Å². The van der Waals surface area contributed by atoms with Crippen LogP contribution in [0.3, 0.4) is 0 Å². The molecular weight excluding hydrogens is 198 g/mol. The summed E-state index contributed by atoms with van der Waals surface area (Å²) in [6, 6.07) is 8.65. The van der Waals surface area contributed by atoms with Crippen LogP contribution in [0.4, 0.5) is 11.4 Å². The molecule has 0 aliphatic carbocycles. The lowest BCUT2D eigenvalue weighted by Gasteiger charge is -2.25. The number of anilines is 2. The van der Waals surface area contributed by atoms with Gasteiger partial charge in [0, 0.05) is 26.7 Å². The molecule has 3 nitrogen and oxygen atoms in total. The molecule has 3 heteroatoms. The zero-order valence-corrected chi connectivity index (χ0v) is 10.0. The van der Waals surface area contributed by atoms with E-state index in [1.807, 2.05) is 0 Å². The van der Waals surface area contributed by atoms with Crippen molar-refractivity contribution in [3.63, 3.8) is 0 Å². The summed E-state index contributed by atoms with van der Waals surface area (Å²) < 4.78 is 0. The van der Waals surface area contributed by atoms with Crippen molar-refractivity contribution in [1.82, 2.24) is 0 Å². The fraction of sp³-hybridized carbons (Fsp3) is 0.538. The number of hydrogen-bond acceptors (Lipinski definition) is 3. The molecule has 2 rings (SSSR count). The Balaban J connectivity index is 2.24. The van der Waals surface area contributed by atoms with Crippen LogP contribution in [-0.2, 0) is 0 Å². The molecule has 16 heavy (non-hydrogen) atoms. The molecule has 0 spiro atoms. The minimum atomic E-state index is 0.772. The highest BCUT2D eigenvalue weighted by atomic mass is 15.2. The van der Waals surface area contributed by atoms with Crippen molar-refractivity contribution < 1.29 is 0 Å². The summed E-state index contributed by atoms with van der Waals surface area (Å²) in [5.41, 5.74) is 8.30. The molecule has 0 aromatic heterocycles. The topological polar surface area (TPSA) is 32.5 Å². The molecule has 1 aliphatic heterocycles. The van der Waals surface area contributed by atoms with E-state index in [2.05, 4.69) is 41.1 Å². The van der Waals surface area contributed by atoms with Crippen LogP contribution >= 0.6 is 0 Å². The maximum absolute atomic E-state index is 5.59. The normalized spacial score (nSPS) is 15.9. The van der Waals surface area contributed by atoms with Gasteiger partial charge in [-0.3, -0.25) is 0 Å². The van der Waals surface area contributed by atoms with E-state index in [9.17, 15) is 0 Å². The number of fused-ring (bicyclic) bond motifs is 1. The maximum atomic E-state index is 5.59. The lowest BCUT2D eigenvalue weighted by atomic mass is 10.2. The fourth-order valence-electron chi connectivity index (χ4n) is 2.31. The average Bonchev–Trinajstić information content (AvgIpc) is 2.47. The Hall–Kier alpha value is -1.22. The predicted molar refractivity (Wildman–Crippen MR) is 70.2 cm³/mol. The highest BCUT2D eigenvalue weighted by Crippen LogP contribution is 2.30. The molecule has 0 atom stereocenters. The van der Waals surface area contributed by atoms with Gasteiger partial charge in [0.05, 0.1) is 11.4 Å². The van der Waals surface area contributed by atoms with Crippen LogP contribution in [0.2, 0.25) is 0 Å². The smallest absolute Gasteiger partial charge is 0.0604 e. The van der Waals surface area contributed by atoms with Gasteiger partial charge in [-0.2, -0.15) is 0 Å². The third-order valence-corrected chi connectivity index (χ3v) is 3.19. The van der Waals surface area contributed by atoms with Crippen molar-refractivity contribution in [2.45, 2.75) is 12.8 Å². The van der Waals surface area contributed by atoms with Crippen molar-refractivity contribution >= 4 is 11.4 Å². The second-order valence-corrected chi connectivity index (χ2v) is 4.39. The van der Waals surface area contributed by atoms with Gasteiger partial charge in [0.25, 0.3) is 0 Å². The Morgan fingerprint density at radius 3 is 2.69 bits per heavy atom. The van der Waals surface area contributed by atoms with Crippen LogP contribution in [0.1, 0.15) is 12.8 Å². The first-order chi connectivity index (χ1) is 7.83. The third-order valence-electron chi connectivity index (χ3n) is 3.19. The summed E-state index contributed by atoms with van der Waals surface area (Å²) in [7, 11) is 2.17. The van der Waals surface area contributed by atoms with E-state index in [0.717, 1.165) is 32.6 Å².